The maximum atomic E-state index is 14.1. The number of carbonyl (C=O) groups is 3. The quantitative estimate of drug-likeness (QED) is 0.0450. The fraction of sp³-hybridized carbons (Fsp3) is 0.435. The highest BCUT2D eigenvalue weighted by Gasteiger charge is 2.45. The molecule has 1 aliphatic heterocycles. The Hall–Kier alpha value is -5.84. The molecule has 330 valence electrons. The smallest absolute Gasteiger partial charge is 0.246 e. The molecule has 0 radical (unpaired) electrons. The van der Waals surface area contributed by atoms with E-state index in [-0.39, 0.29) is 37.1 Å². The van der Waals surface area contributed by atoms with E-state index in [2.05, 4.69) is 30.8 Å². The maximum Gasteiger partial charge on any atom is 0.246 e. The van der Waals surface area contributed by atoms with E-state index in [9.17, 15) is 24.6 Å². The van der Waals surface area contributed by atoms with E-state index in [1.807, 2.05) is 69.6 Å². The summed E-state index contributed by atoms with van der Waals surface area (Å²) < 4.78 is 11.5. The molecule has 5 N–H and O–H groups in total. The number of aromatic amines is 1. The minimum Gasteiger partial charge on any atom is -0.494 e. The lowest BCUT2D eigenvalue weighted by Gasteiger charge is -2.36. The number of benzene rings is 2. The number of ether oxygens (including phenoxy) is 2. The van der Waals surface area contributed by atoms with E-state index < -0.39 is 29.8 Å². The van der Waals surface area contributed by atoms with Crippen LogP contribution in [0.3, 0.4) is 0 Å². The van der Waals surface area contributed by atoms with Crippen molar-refractivity contribution in [1.29, 1.82) is 0 Å². The number of nitrogens with zero attached hydrogens (tertiary/aromatic N) is 5. The Bertz CT molecular complexity index is 2260. The molecule has 0 aliphatic carbocycles. The van der Waals surface area contributed by atoms with Crippen molar-refractivity contribution < 1.29 is 34.1 Å². The monoisotopic (exact) mass is 866 g/mol. The number of likely N-dealkylation sites (tertiary alicyclic amines) is 1. The highest BCUT2D eigenvalue weighted by atomic mass is 32.1. The van der Waals surface area contributed by atoms with Crippen LogP contribution in [0.2, 0.25) is 0 Å². The summed E-state index contributed by atoms with van der Waals surface area (Å²) in [5.41, 5.74) is 6.57. The number of amides is 3. The second-order valence-corrected chi connectivity index (χ2v) is 17.6. The molecule has 2 aromatic carbocycles. The average molecular weight is 867 g/mol. The molecule has 1 saturated heterocycles. The highest BCUT2D eigenvalue weighted by Crippen LogP contribution is 2.33. The summed E-state index contributed by atoms with van der Waals surface area (Å²) in [7, 11) is 3.25. The number of aryl methyl sites for hydroxylation is 1. The molecule has 4 atom stereocenters. The van der Waals surface area contributed by atoms with Crippen molar-refractivity contribution in [3.8, 4) is 33.3 Å². The zero-order valence-corrected chi connectivity index (χ0v) is 37.1. The van der Waals surface area contributed by atoms with Crippen molar-refractivity contribution in [2.45, 2.75) is 97.2 Å². The van der Waals surface area contributed by atoms with E-state index in [1.54, 1.807) is 66.9 Å². The van der Waals surface area contributed by atoms with Gasteiger partial charge >= 0.3 is 0 Å². The highest BCUT2D eigenvalue weighted by molar-refractivity contribution is 7.13. The van der Waals surface area contributed by atoms with Crippen LogP contribution in [0.5, 0.6) is 11.5 Å². The molecule has 5 aromatic rings. The van der Waals surface area contributed by atoms with E-state index >= 15 is 0 Å². The van der Waals surface area contributed by atoms with Crippen LogP contribution in [0.1, 0.15) is 82.5 Å². The molecule has 1 fully saturated rings. The van der Waals surface area contributed by atoms with E-state index in [1.165, 1.54) is 4.90 Å². The Morgan fingerprint density at radius 1 is 1.05 bits per heavy atom. The fourth-order valence-corrected chi connectivity index (χ4v) is 8.28. The first-order valence-electron chi connectivity index (χ1n) is 21.0. The molecule has 6 rings (SSSR count). The van der Waals surface area contributed by atoms with Crippen LogP contribution in [0.25, 0.3) is 21.8 Å². The van der Waals surface area contributed by atoms with Gasteiger partial charge in [-0.3, -0.25) is 19.5 Å². The topological polar surface area (TPSA) is 195 Å². The van der Waals surface area contributed by atoms with Crippen LogP contribution in [0.15, 0.2) is 78.4 Å². The summed E-state index contributed by atoms with van der Waals surface area (Å²) in [5, 5.41) is 34.4. The van der Waals surface area contributed by atoms with Crippen molar-refractivity contribution in [2.24, 2.45) is 5.41 Å². The standard InChI is InChI=1S/C46H58N8O7S/c1-29-41(62-28-47-29)31-17-15-30(16-18-31)26-53(5)44(58)38-24-32(55)27-54(38)45(59)42(46(2,3)4)51-40(56)14-9-7-8-10-23-61-33-19-20-36(39(25-33)60-6)50-43(57)37-13-11-12-34(49-37)35-21-22-48-52-35/h11-13,15-22,25,28,32,38,42-43,50,55,57H,7-10,14,23-24,26-27H2,1-6H3,(H,48,52)(H,51,56)/t32-,38+,42-,43?/m1/s1. The first kappa shape index (κ1) is 45.7. The minimum absolute atomic E-state index is 0.0218. The Kier molecular flexibility index (Phi) is 15.3. The number of hydrogen-bond donors (Lipinski definition) is 5. The number of thiazole rings is 1. The number of hydrogen-bond acceptors (Lipinski definition) is 12. The number of methoxy groups -OCH3 is 1. The number of nitrogens with one attached hydrogen (secondary N) is 3. The van der Waals surface area contributed by atoms with Crippen LogP contribution in [-0.2, 0) is 20.9 Å². The summed E-state index contributed by atoms with van der Waals surface area (Å²) in [5.74, 6) is 0.247. The Morgan fingerprint density at radius 3 is 2.52 bits per heavy atom. The molecule has 1 aliphatic rings. The SMILES string of the molecule is COc1cc(OCCCCCCC(=O)N[C@H](C(=O)N2C[C@H](O)C[C@H]2C(=O)N(C)Cc2ccc(-c3scnc3C)cc2)C(C)(C)C)ccc1NC(O)c1cccc(-c2ccn[nH]2)n1. The number of rotatable bonds is 19. The molecule has 15 nitrogen and oxygen atoms in total. The van der Waals surface area contributed by atoms with Gasteiger partial charge in [-0.1, -0.05) is 63.9 Å². The second-order valence-electron chi connectivity index (χ2n) is 16.8. The Balaban J connectivity index is 0.931. The third-order valence-electron chi connectivity index (χ3n) is 10.9. The summed E-state index contributed by atoms with van der Waals surface area (Å²) in [6.07, 6.45) is 3.11. The molecule has 62 heavy (non-hydrogen) atoms. The summed E-state index contributed by atoms with van der Waals surface area (Å²) in [4.78, 5) is 54.1. The summed E-state index contributed by atoms with van der Waals surface area (Å²) >= 11 is 1.58. The molecule has 3 aromatic heterocycles. The van der Waals surface area contributed by atoms with Gasteiger partial charge in [0.2, 0.25) is 17.7 Å². The lowest BCUT2D eigenvalue weighted by molar-refractivity contribution is -0.147. The number of H-pyrrole nitrogens is 1. The van der Waals surface area contributed by atoms with Gasteiger partial charge in [0.05, 0.1) is 58.7 Å². The molecule has 1 unspecified atom stereocenters. The summed E-state index contributed by atoms with van der Waals surface area (Å²) in [6, 6.07) is 18.8. The van der Waals surface area contributed by atoms with Gasteiger partial charge in [-0.15, -0.1) is 11.3 Å². The zero-order chi connectivity index (χ0) is 44.4. The van der Waals surface area contributed by atoms with Gasteiger partial charge in [-0.2, -0.15) is 5.10 Å². The first-order chi connectivity index (χ1) is 29.7. The third-order valence-corrected chi connectivity index (χ3v) is 11.9. The third kappa shape index (κ3) is 11.7. The van der Waals surface area contributed by atoms with Crippen LogP contribution >= 0.6 is 11.3 Å². The lowest BCUT2D eigenvalue weighted by atomic mass is 9.85. The van der Waals surface area contributed by atoms with Crippen molar-refractivity contribution in [2.75, 3.05) is 32.6 Å². The van der Waals surface area contributed by atoms with Crippen LogP contribution in [0.4, 0.5) is 5.69 Å². The summed E-state index contributed by atoms with van der Waals surface area (Å²) in [6.45, 7) is 8.45. The number of β-amino-alcohol motifs (C(OH)–C–C–N with tert-alkyl or cyclic N) is 1. The molecule has 0 bridgehead atoms. The normalized spacial score (nSPS) is 16.1. The predicted molar refractivity (Wildman–Crippen MR) is 238 cm³/mol. The van der Waals surface area contributed by atoms with Crippen molar-refractivity contribution in [3.05, 3.63) is 95.4 Å². The van der Waals surface area contributed by atoms with Crippen molar-refractivity contribution in [1.82, 2.24) is 35.3 Å². The minimum atomic E-state index is -1.09. The van der Waals surface area contributed by atoms with Crippen LogP contribution < -0.4 is 20.1 Å². The van der Waals surface area contributed by atoms with Gasteiger partial charge < -0.3 is 40.1 Å². The van der Waals surface area contributed by atoms with Crippen LogP contribution in [0, 0.1) is 12.3 Å². The van der Waals surface area contributed by atoms with Gasteiger partial charge in [-0.05, 0) is 66.6 Å². The first-order valence-corrected chi connectivity index (χ1v) is 21.8. The number of aliphatic hydroxyl groups excluding tert-OH is 2. The number of aliphatic hydroxyl groups is 2. The Labute approximate surface area is 366 Å². The van der Waals surface area contributed by atoms with E-state index in [4.69, 9.17) is 9.47 Å². The number of aromatic nitrogens is 4. The zero-order valence-electron chi connectivity index (χ0n) is 36.3. The molecular formula is C46H58N8O7S. The van der Waals surface area contributed by atoms with Gasteiger partial charge in [-0.25, -0.2) is 9.97 Å². The largest absolute Gasteiger partial charge is 0.494 e. The molecule has 0 saturated carbocycles. The number of anilines is 1. The van der Waals surface area contributed by atoms with Gasteiger partial charge in [0, 0.05) is 45.2 Å². The van der Waals surface area contributed by atoms with Gasteiger partial charge in [0.15, 0.2) is 6.23 Å². The molecule has 16 heteroatoms. The molecule has 4 heterocycles. The number of pyridine rings is 1. The fourth-order valence-electron chi connectivity index (χ4n) is 7.47. The second kappa shape index (κ2) is 20.8. The lowest BCUT2D eigenvalue weighted by Crippen LogP contribution is -2.57. The van der Waals surface area contributed by atoms with Gasteiger partial charge in [0.25, 0.3) is 0 Å². The molecule has 0 spiro atoms. The van der Waals surface area contributed by atoms with E-state index in [0.29, 0.717) is 48.1 Å². The van der Waals surface area contributed by atoms with E-state index in [0.717, 1.165) is 46.7 Å². The Morgan fingerprint density at radius 2 is 1.82 bits per heavy atom. The van der Waals surface area contributed by atoms with Crippen LogP contribution in [-0.4, -0.2) is 103 Å². The number of likely N-dealkylation sites (N-methyl/N-ethyl adjacent to an activating group) is 1. The number of carbonyl (C=O) groups excluding carboxylic acids is 3. The van der Waals surface area contributed by atoms with Crippen molar-refractivity contribution >= 4 is 34.7 Å². The molecule has 3 amide bonds. The average Bonchev–Trinajstić information content (AvgIpc) is 4.04. The van der Waals surface area contributed by atoms with Gasteiger partial charge in [0.1, 0.15) is 23.6 Å². The maximum absolute atomic E-state index is 14.1. The number of unbranched alkanes of at least 4 members (excludes halogenated alkanes) is 3. The van der Waals surface area contributed by atoms with Crippen molar-refractivity contribution in [3.63, 3.8) is 0 Å². The predicted octanol–water partition coefficient (Wildman–Crippen LogP) is 6.50. The molecular weight excluding hydrogens is 809 g/mol.